The number of hydrogen-bond donors (Lipinski definition) is 1. The van der Waals surface area contributed by atoms with E-state index in [1.165, 1.54) is 0 Å². The van der Waals surface area contributed by atoms with E-state index in [2.05, 4.69) is 64.9 Å². The number of hydrazone groups is 1. The summed E-state index contributed by atoms with van der Waals surface area (Å²) in [5.74, 6) is 0.404. The van der Waals surface area contributed by atoms with Gasteiger partial charge in [0.05, 0.1) is 15.2 Å². The summed E-state index contributed by atoms with van der Waals surface area (Å²) in [6, 6.07) is 10.8. The molecule has 1 N–H and O–H groups in total. The van der Waals surface area contributed by atoms with E-state index in [0.29, 0.717) is 17.9 Å². The predicted octanol–water partition coefficient (Wildman–Crippen LogP) is 5.30. The molecule has 0 aliphatic heterocycles. The number of carbonyl (C=O) groups excluding carboxylic acids is 1. The van der Waals surface area contributed by atoms with Gasteiger partial charge in [-0.1, -0.05) is 34.7 Å². The molecular weight excluding hydrogens is 504 g/mol. The molecule has 124 valence electrons. The zero-order valence-electron chi connectivity index (χ0n) is 12.4. The van der Waals surface area contributed by atoms with Crippen LogP contribution in [0.25, 0.3) is 0 Å². The fourth-order valence-electron chi connectivity index (χ4n) is 1.79. The van der Waals surface area contributed by atoms with Gasteiger partial charge in [0.2, 0.25) is 0 Å². The Balaban J connectivity index is 2.06. The molecule has 7 heteroatoms. The van der Waals surface area contributed by atoms with Crippen LogP contribution in [0.4, 0.5) is 0 Å². The first kappa shape index (κ1) is 18.9. The molecule has 1 amide bonds. The van der Waals surface area contributed by atoms with Crippen LogP contribution in [0.2, 0.25) is 0 Å². The maximum absolute atomic E-state index is 12.0. The molecular formula is C17H13Br3N2O2. The van der Waals surface area contributed by atoms with E-state index in [0.717, 1.165) is 19.0 Å². The lowest BCUT2D eigenvalue weighted by molar-refractivity contribution is 0.0955. The van der Waals surface area contributed by atoms with E-state index in [1.54, 1.807) is 30.5 Å². The Morgan fingerprint density at radius 1 is 1.21 bits per heavy atom. The molecule has 0 atom stereocenters. The highest BCUT2D eigenvalue weighted by molar-refractivity contribution is 9.11. The summed E-state index contributed by atoms with van der Waals surface area (Å²) in [6.45, 7) is 4.03. The Morgan fingerprint density at radius 2 is 1.92 bits per heavy atom. The highest BCUT2D eigenvalue weighted by atomic mass is 79.9. The minimum Gasteiger partial charge on any atom is -0.487 e. The second-order valence-corrected chi connectivity index (χ2v) is 7.25. The molecule has 0 fully saturated rings. The Morgan fingerprint density at radius 3 is 2.54 bits per heavy atom. The van der Waals surface area contributed by atoms with Crippen LogP contribution >= 0.6 is 47.8 Å². The fourth-order valence-corrected chi connectivity index (χ4v) is 3.64. The standard InChI is InChI=1S/C17H13Br3N2O2/c1-2-6-24-16-14(19)7-11(8-15(16)20)10-21-22-17(23)12-4-3-5-13(18)9-12/h2-5,7-10H,1,6H2,(H,22,23)/b21-10-. The lowest BCUT2D eigenvalue weighted by Gasteiger charge is -2.09. The molecule has 0 saturated heterocycles. The van der Waals surface area contributed by atoms with Crippen molar-refractivity contribution in [3.63, 3.8) is 0 Å². The Hall–Kier alpha value is -1.44. The second kappa shape index (κ2) is 9.15. The molecule has 2 aromatic carbocycles. The lowest BCUT2D eigenvalue weighted by atomic mass is 10.2. The number of nitrogens with one attached hydrogen (secondary N) is 1. The third-order valence-electron chi connectivity index (χ3n) is 2.83. The van der Waals surface area contributed by atoms with E-state index >= 15 is 0 Å². The van der Waals surface area contributed by atoms with Crippen molar-refractivity contribution < 1.29 is 9.53 Å². The Labute approximate surface area is 165 Å². The number of nitrogens with zero attached hydrogens (tertiary/aromatic N) is 1. The topological polar surface area (TPSA) is 50.7 Å². The SMILES string of the molecule is C=CCOc1c(Br)cc(/C=N\NC(=O)c2cccc(Br)c2)cc1Br. The van der Waals surface area contributed by atoms with Gasteiger partial charge in [-0.25, -0.2) is 5.43 Å². The summed E-state index contributed by atoms with van der Waals surface area (Å²) in [6.07, 6.45) is 3.23. The maximum Gasteiger partial charge on any atom is 0.271 e. The number of carbonyl (C=O) groups is 1. The molecule has 0 unspecified atom stereocenters. The zero-order chi connectivity index (χ0) is 17.5. The van der Waals surface area contributed by atoms with Crippen molar-refractivity contribution in [3.8, 4) is 5.75 Å². The van der Waals surface area contributed by atoms with E-state index < -0.39 is 0 Å². The van der Waals surface area contributed by atoms with Crippen LogP contribution in [0, 0.1) is 0 Å². The first-order valence-electron chi connectivity index (χ1n) is 6.83. The fraction of sp³-hybridized carbons (Fsp3) is 0.0588. The number of benzene rings is 2. The molecule has 0 spiro atoms. The smallest absolute Gasteiger partial charge is 0.271 e. The van der Waals surface area contributed by atoms with Crippen molar-refractivity contribution in [2.24, 2.45) is 5.10 Å². The van der Waals surface area contributed by atoms with Crippen molar-refractivity contribution in [1.29, 1.82) is 0 Å². The van der Waals surface area contributed by atoms with Crippen LogP contribution in [-0.4, -0.2) is 18.7 Å². The predicted molar refractivity (Wildman–Crippen MR) is 107 cm³/mol. The van der Waals surface area contributed by atoms with Gasteiger partial charge in [0.1, 0.15) is 12.4 Å². The quantitative estimate of drug-likeness (QED) is 0.322. The second-order valence-electron chi connectivity index (χ2n) is 4.62. The molecule has 0 aliphatic carbocycles. The van der Waals surface area contributed by atoms with E-state index in [1.807, 2.05) is 18.2 Å². The highest BCUT2D eigenvalue weighted by Crippen LogP contribution is 2.34. The van der Waals surface area contributed by atoms with E-state index in [9.17, 15) is 4.79 Å². The van der Waals surface area contributed by atoms with Gasteiger partial charge in [0.25, 0.3) is 5.91 Å². The normalized spacial score (nSPS) is 10.6. The molecule has 2 rings (SSSR count). The van der Waals surface area contributed by atoms with Crippen molar-refractivity contribution in [2.45, 2.75) is 0 Å². The van der Waals surface area contributed by atoms with Gasteiger partial charge in [0, 0.05) is 10.0 Å². The van der Waals surface area contributed by atoms with Crippen LogP contribution in [-0.2, 0) is 0 Å². The van der Waals surface area contributed by atoms with E-state index in [-0.39, 0.29) is 5.91 Å². The van der Waals surface area contributed by atoms with Crippen molar-refractivity contribution in [1.82, 2.24) is 5.43 Å². The summed E-state index contributed by atoms with van der Waals surface area (Å²) in [5.41, 5.74) is 3.82. The van der Waals surface area contributed by atoms with E-state index in [4.69, 9.17) is 4.74 Å². The molecule has 2 aromatic rings. The van der Waals surface area contributed by atoms with Crippen LogP contribution in [0.5, 0.6) is 5.75 Å². The number of halogens is 3. The van der Waals surface area contributed by atoms with Gasteiger partial charge in [0.15, 0.2) is 0 Å². The lowest BCUT2D eigenvalue weighted by Crippen LogP contribution is -2.17. The summed E-state index contributed by atoms with van der Waals surface area (Å²) >= 11 is 10.2. The molecule has 0 bridgehead atoms. The molecule has 4 nitrogen and oxygen atoms in total. The van der Waals surface area contributed by atoms with Crippen LogP contribution in [0.1, 0.15) is 15.9 Å². The third kappa shape index (κ3) is 5.29. The Bertz CT molecular complexity index is 768. The number of hydrogen-bond acceptors (Lipinski definition) is 3. The van der Waals surface area contributed by atoms with Gasteiger partial charge in [-0.05, 0) is 67.8 Å². The van der Waals surface area contributed by atoms with Crippen molar-refractivity contribution >= 4 is 59.9 Å². The molecule has 0 heterocycles. The van der Waals surface area contributed by atoms with Crippen molar-refractivity contribution in [2.75, 3.05) is 6.61 Å². The first-order chi connectivity index (χ1) is 11.5. The molecule has 0 radical (unpaired) electrons. The minimum atomic E-state index is -0.281. The highest BCUT2D eigenvalue weighted by Gasteiger charge is 2.08. The van der Waals surface area contributed by atoms with Crippen LogP contribution in [0.15, 0.2) is 67.6 Å². The van der Waals surface area contributed by atoms with Crippen LogP contribution < -0.4 is 10.2 Å². The number of amides is 1. The average molecular weight is 517 g/mol. The Kier molecular flexibility index (Phi) is 7.20. The molecule has 0 aromatic heterocycles. The van der Waals surface area contributed by atoms with Gasteiger partial charge in [-0.3, -0.25) is 4.79 Å². The summed E-state index contributed by atoms with van der Waals surface area (Å²) in [5, 5.41) is 3.98. The molecule has 0 aliphatic rings. The zero-order valence-corrected chi connectivity index (χ0v) is 17.2. The summed E-state index contributed by atoms with van der Waals surface area (Å²) in [7, 11) is 0. The first-order valence-corrected chi connectivity index (χ1v) is 9.21. The van der Waals surface area contributed by atoms with Crippen molar-refractivity contribution in [3.05, 3.63) is 73.6 Å². The molecule has 0 saturated carbocycles. The van der Waals surface area contributed by atoms with Gasteiger partial charge < -0.3 is 4.74 Å². The minimum absolute atomic E-state index is 0.281. The largest absolute Gasteiger partial charge is 0.487 e. The number of ether oxygens (including phenoxy) is 1. The van der Waals surface area contributed by atoms with Gasteiger partial charge in [-0.15, -0.1) is 0 Å². The van der Waals surface area contributed by atoms with Gasteiger partial charge in [-0.2, -0.15) is 5.10 Å². The summed E-state index contributed by atoms with van der Waals surface area (Å²) < 4.78 is 7.94. The van der Waals surface area contributed by atoms with Crippen LogP contribution in [0.3, 0.4) is 0 Å². The average Bonchev–Trinajstić information content (AvgIpc) is 2.54. The molecule has 24 heavy (non-hydrogen) atoms. The maximum atomic E-state index is 12.0. The summed E-state index contributed by atoms with van der Waals surface area (Å²) in [4.78, 5) is 12.0. The third-order valence-corrected chi connectivity index (χ3v) is 4.50. The monoisotopic (exact) mass is 514 g/mol. The van der Waals surface area contributed by atoms with Gasteiger partial charge >= 0.3 is 0 Å². The number of rotatable bonds is 6.